The van der Waals surface area contributed by atoms with Gasteiger partial charge in [0.15, 0.2) is 5.16 Å². The van der Waals surface area contributed by atoms with Crippen molar-refractivity contribution in [3.05, 3.63) is 26.6 Å². The van der Waals surface area contributed by atoms with Crippen LogP contribution in [-0.4, -0.2) is 45.4 Å². The molecule has 0 aliphatic rings. The van der Waals surface area contributed by atoms with Crippen LogP contribution in [0.2, 0.25) is 0 Å². The van der Waals surface area contributed by atoms with E-state index >= 15 is 0 Å². The van der Waals surface area contributed by atoms with E-state index in [0.717, 1.165) is 34.2 Å². The molecule has 154 valence electrons. The summed E-state index contributed by atoms with van der Waals surface area (Å²) in [6.45, 7) is 7.41. The maximum atomic E-state index is 12.2. The third-order valence-electron chi connectivity index (χ3n) is 3.94. The molecule has 2 rings (SSSR count). The Morgan fingerprint density at radius 2 is 2.04 bits per heavy atom. The number of thioether (sulfide) groups is 1. The smallest absolute Gasteiger partial charge is 0.262 e. The summed E-state index contributed by atoms with van der Waals surface area (Å²) < 4.78 is 3.03. The summed E-state index contributed by atoms with van der Waals surface area (Å²) >= 11 is 6.25. The van der Waals surface area contributed by atoms with Gasteiger partial charge in [-0.1, -0.05) is 25.6 Å². The number of amides is 2. The fraction of sp³-hybridized carbons (Fsp3) is 0.556. The zero-order chi connectivity index (χ0) is 20.7. The second-order valence-electron chi connectivity index (χ2n) is 6.80. The van der Waals surface area contributed by atoms with Gasteiger partial charge < -0.3 is 15.2 Å². The van der Waals surface area contributed by atoms with Gasteiger partial charge in [-0.05, 0) is 53.6 Å². The summed E-state index contributed by atoms with van der Waals surface area (Å²) in [6, 6.07) is 2.94. The first-order valence-corrected chi connectivity index (χ1v) is 11.9. The number of thiophene rings is 1. The van der Waals surface area contributed by atoms with E-state index in [0.29, 0.717) is 17.3 Å². The lowest BCUT2D eigenvalue weighted by Gasteiger charge is -2.14. The molecule has 0 spiro atoms. The van der Waals surface area contributed by atoms with E-state index in [-0.39, 0.29) is 11.8 Å². The molecule has 0 aromatic carbocycles. The maximum Gasteiger partial charge on any atom is 0.262 e. The zero-order valence-corrected chi connectivity index (χ0v) is 19.7. The quantitative estimate of drug-likeness (QED) is 0.396. The number of aryl methyl sites for hydroxylation is 1. The molecular formula is C18H26BrN5O2S2. The average Bonchev–Trinajstić information content (AvgIpc) is 3.24. The van der Waals surface area contributed by atoms with Gasteiger partial charge >= 0.3 is 0 Å². The van der Waals surface area contributed by atoms with Crippen LogP contribution in [0.3, 0.4) is 0 Å². The highest BCUT2D eigenvalue weighted by atomic mass is 79.9. The van der Waals surface area contributed by atoms with Crippen molar-refractivity contribution in [3.8, 4) is 0 Å². The first kappa shape index (κ1) is 22.9. The largest absolute Gasteiger partial charge is 0.354 e. The third kappa shape index (κ3) is 6.59. The Morgan fingerprint density at radius 1 is 1.29 bits per heavy atom. The summed E-state index contributed by atoms with van der Waals surface area (Å²) in [5.74, 6) is 1.01. The van der Waals surface area contributed by atoms with Gasteiger partial charge in [-0.3, -0.25) is 9.59 Å². The SMILES string of the molecule is CSc1nnc(CCCNC(=O)C(C)NC(=O)c2ccc(Br)s2)n1CC(C)C. The van der Waals surface area contributed by atoms with Crippen LogP contribution in [-0.2, 0) is 17.8 Å². The molecule has 10 heteroatoms. The van der Waals surface area contributed by atoms with Crippen LogP contribution in [0.25, 0.3) is 0 Å². The number of hydrogen-bond donors (Lipinski definition) is 2. The monoisotopic (exact) mass is 487 g/mol. The van der Waals surface area contributed by atoms with Crippen LogP contribution in [0.4, 0.5) is 0 Å². The van der Waals surface area contributed by atoms with Crippen LogP contribution in [0.5, 0.6) is 0 Å². The second-order valence-corrected chi connectivity index (χ2v) is 10.0. The minimum Gasteiger partial charge on any atom is -0.354 e. The summed E-state index contributed by atoms with van der Waals surface area (Å²) in [4.78, 5) is 24.9. The normalized spacial score (nSPS) is 12.2. The highest BCUT2D eigenvalue weighted by molar-refractivity contribution is 9.11. The van der Waals surface area contributed by atoms with Gasteiger partial charge in [0.1, 0.15) is 11.9 Å². The van der Waals surface area contributed by atoms with Gasteiger partial charge in [0, 0.05) is 19.5 Å². The number of rotatable bonds is 10. The number of nitrogens with one attached hydrogen (secondary N) is 2. The van der Waals surface area contributed by atoms with Gasteiger partial charge in [0.05, 0.1) is 8.66 Å². The Kier molecular flexibility index (Phi) is 8.97. The minimum absolute atomic E-state index is 0.197. The van der Waals surface area contributed by atoms with Crippen molar-refractivity contribution in [1.29, 1.82) is 0 Å². The molecule has 0 saturated carbocycles. The molecule has 2 aromatic heterocycles. The standard InChI is InChI=1S/C18H26BrN5O2S2/c1-11(2)10-24-15(22-23-18(24)27-4)6-5-9-20-16(25)12(3)21-17(26)13-7-8-14(19)28-13/h7-8,11-12H,5-6,9-10H2,1-4H3,(H,20,25)(H,21,26). The van der Waals surface area contributed by atoms with Gasteiger partial charge in [-0.2, -0.15) is 0 Å². The van der Waals surface area contributed by atoms with Gasteiger partial charge in [-0.15, -0.1) is 21.5 Å². The van der Waals surface area contributed by atoms with Crippen molar-refractivity contribution in [2.24, 2.45) is 5.92 Å². The number of aromatic nitrogens is 3. The van der Waals surface area contributed by atoms with Crippen LogP contribution < -0.4 is 10.6 Å². The highest BCUT2D eigenvalue weighted by Crippen LogP contribution is 2.22. The lowest BCUT2D eigenvalue weighted by molar-refractivity contribution is -0.122. The van der Waals surface area contributed by atoms with E-state index in [9.17, 15) is 9.59 Å². The molecule has 7 nitrogen and oxygen atoms in total. The molecule has 0 radical (unpaired) electrons. The number of hydrogen-bond acceptors (Lipinski definition) is 6. The average molecular weight is 488 g/mol. The fourth-order valence-electron chi connectivity index (χ4n) is 2.58. The minimum atomic E-state index is -0.596. The van der Waals surface area contributed by atoms with Crippen LogP contribution in [0.15, 0.2) is 21.1 Å². The lowest BCUT2D eigenvalue weighted by Crippen LogP contribution is -2.44. The molecular weight excluding hydrogens is 462 g/mol. The molecule has 1 atom stereocenters. The van der Waals surface area contributed by atoms with Crippen molar-refractivity contribution in [3.63, 3.8) is 0 Å². The predicted molar refractivity (Wildman–Crippen MR) is 117 cm³/mol. The van der Waals surface area contributed by atoms with E-state index < -0.39 is 6.04 Å². The first-order chi connectivity index (χ1) is 13.3. The first-order valence-electron chi connectivity index (χ1n) is 9.11. The molecule has 2 heterocycles. The molecule has 0 aliphatic carbocycles. The van der Waals surface area contributed by atoms with Crippen molar-refractivity contribution in [2.45, 2.75) is 51.4 Å². The molecule has 0 bridgehead atoms. The van der Waals surface area contributed by atoms with Crippen molar-refractivity contribution >= 4 is 50.8 Å². The van der Waals surface area contributed by atoms with Crippen LogP contribution in [0.1, 0.15) is 42.7 Å². The van der Waals surface area contributed by atoms with E-state index in [4.69, 9.17) is 0 Å². The fourth-order valence-corrected chi connectivity index (χ4v) is 4.40. The number of halogens is 1. The molecule has 28 heavy (non-hydrogen) atoms. The number of nitrogens with zero attached hydrogens (tertiary/aromatic N) is 3. The summed E-state index contributed by atoms with van der Waals surface area (Å²) in [6.07, 6.45) is 3.49. The molecule has 0 fully saturated rings. The molecule has 0 saturated heterocycles. The number of carbonyl (C=O) groups excluding carboxylic acids is 2. The summed E-state index contributed by atoms with van der Waals surface area (Å²) in [5, 5.41) is 15.0. The Balaban J connectivity index is 1.77. The molecule has 2 amide bonds. The van der Waals surface area contributed by atoms with Gasteiger partial charge in [0.2, 0.25) is 5.91 Å². The molecule has 2 N–H and O–H groups in total. The Bertz CT molecular complexity index is 806. The maximum absolute atomic E-state index is 12.2. The molecule has 0 aliphatic heterocycles. The van der Waals surface area contributed by atoms with E-state index in [1.807, 2.05) is 12.3 Å². The Labute approximate surface area is 182 Å². The van der Waals surface area contributed by atoms with Crippen LogP contribution >= 0.6 is 39.0 Å². The molecule has 2 aromatic rings. The van der Waals surface area contributed by atoms with Gasteiger partial charge in [-0.25, -0.2) is 0 Å². The molecule has 1 unspecified atom stereocenters. The predicted octanol–water partition coefficient (Wildman–Crippen LogP) is 3.35. The lowest BCUT2D eigenvalue weighted by atomic mass is 10.2. The Morgan fingerprint density at radius 3 is 2.64 bits per heavy atom. The van der Waals surface area contributed by atoms with Gasteiger partial charge in [0.25, 0.3) is 5.91 Å². The number of carbonyl (C=O) groups is 2. The van der Waals surface area contributed by atoms with Crippen LogP contribution in [0, 0.1) is 5.92 Å². The van der Waals surface area contributed by atoms with E-state index in [1.54, 1.807) is 24.8 Å². The van der Waals surface area contributed by atoms with Crippen molar-refractivity contribution in [2.75, 3.05) is 12.8 Å². The third-order valence-corrected chi connectivity index (χ3v) is 6.23. The topological polar surface area (TPSA) is 88.9 Å². The van der Waals surface area contributed by atoms with Crippen molar-refractivity contribution < 1.29 is 9.59 Å². The zero-order valence-electron chi connectivity index (χ0n) is 16.5. The van der Waals surface area contributed by atoms with Crippen molar-refractivity contribution in [1.82, 2.24) is 25.4 Å². The summed E-state index contributed by atoms with van der Waals surface area (Å²) in [5.41, 5.74) is 0. The highest BCUT2D eigenvalue weighted by Gasteiger charge is 2.18. The summed E-state index contributed by atoms with van der Waals surface area (Å²) in [7, 11) is 0. The van der Waals surface area contributed by atoms with E-state index in [1.165, 1.54) is 11.3 Å². The van der Waals surface area contributed by atoms with E-state index in [2.05, 4.69) is 55.2 Å². The Hall–Kier alpha value is -1.39. The second kappa shape index (κ2) is 11.0.